The Bertz CT molecular complexity index is 1100. The number of carboxylic acid groups (broad SMARTS) is 1. The second-order valence-electron chi connectivity index (χ2n) is 7.24. The molecule has 7 nitrogen and oxygen atoms in total. The van der Waals surface area contributed by atoms with E-state index < -0.39 is 11.9 Å². The molecule has 0 spiro atoms. The molecular weight excluding hydrogens is 370 g/mol. The molecule has 1 aromatic heterocycles. The van der Waals surface area contributed by atoms with Crippen molar-refractivity contribution in [3.8, 4) is 0 Å². The number of hydrogen-bond donors (Lipinski definition) is 3. The van der Waals surface area contributed by atoms with E-state index in [0.29, 0.717) is 34.6 Å². The third-order valence-electron chi connectivity index (χ3n) is 4.51. The standard InChI is InChI=1S/C22H23N3O4/c1-13(2)11-23-15-8-9-17(22(28)29)19(10-15)24-21(27)18-12-25(14(3)26)20-7-5-4-6-16(18)20/h4-10,12-13,23H,11H2,1-3H3,(H,24,27)(H,28,29). The SMILES string of the molecule is CC(=O)n1cc(C(=O)Nc2cc(NCC(C)C)ccc2C(=O)O)c2ccccc21. The van der Waals surface area contributed by atoms with Crippen LogP contribution in [0.25, 0.3) is 10.9 Å². The fourth-order valence-corrected chi connectivity index (χ4v) is 3.08. The summed E-state index contributed by atoms with van der Waals surface area (Å²) in [5.74, 6) is -1.43. The first-order valence-corrected chi connectivity index (χ1v) is 9.31. The first-order valence-electron chi connectivity index (χ1n) is 9.31. The van der Waals surface area contributed by atoms with Crippen LogP contribution in [0.2, 0.25) is 0 Å². The highest BCUT2D eigenvalue weighted by Crippen LogP contribution is 2.25. The van der Waals surface area contributed by atoms with Crippen molar-refractivity contribution >= 4 is 40.1 Å². The quantitative estimate of drug-likeness (QED) is 0.579. The molecule has 3 aromatic rings. The molecule has 3 rings (SSSR count). The molecule has 0 radical (unpaired) electrons. The molecule has 29 heavy (non-hydrogen) atoms. The number of nitrogens with one attached hydrogen (secondary N) is 2. The van der Waals surface area contributed by atoms with Crippen LogP contribution in [0.1, 0.15) is 46.3 Å². The van der Waals surface area contributed by atoms with Crippen LogP contribution in [0.4, 0.5) is 11.4 Å². The smallest absolute Gasteiger partial charge is 0.337 e. The second kappa shape index (κ2) is 8.18. The molecule has 1 amide bonds. The van der Waals surface area contributed by atoms with Crippen LogP contribution in [0.15, 0.2) is 48.7 Å². The summed E-state index contributed by atoms with van der Waals surface area (Å²) in [7, 11) is 0. The molecule has 3 N–H and O–H groups in total. The summed E-state index contributed by atoms with van der Waals surface area (Å²) in [6, 6.07) is 11.8. The minimum atomic E-state index is -1.14. The normalized spacial score (nSPS) is 10.9. The van der Waals surface area contributed by atoms with Crippen molar-refractivity contribution < 1.29 is 19.5 Å². The molecule has 0 atom stereocenters. The van der Waals surface area contributed by atoms with E-state index >= 15 is 0 Å². The van der Waals surface area contributed by atoms with Crippen LogP contribution in [-0.4, -0.2) is 34.0 Å². The summed E-state index contributed by atoms with van der Waals surface area (Å²) in [6.45, 7) is 6.25. The minimum absolute atomic E-state index is 0.0104. The maximum atomic E-state index is 13.0. The summed E-state index contributed by atoms with van der Waals surface area (Å²) >= 11 is 0. The highest BCUT2D eigenvalue weighted by molar-refractivity contribution is 6.15. The molecule has 0 unspecified atom stereocenters. The predicted molar refractivity (Wildman–Crippen MR) is 113 cm³/mol. The van der Waals surface area contributed by atoms with Gasteiger partial charge in [-0.05, 0) is 30.2 Å². The number of anilines is 2. The Kier molecular flexibility index (Phi) is 5.68. The van der Waals surface area contributed by atoms with Gasteiger partial charge in [-0.3, -0.25) is 14.2 Å². The van der Waals surface area contributed by atoms with Crippen molar-refractivity contribution in [3.05, 3.63) is 59.8 Å². The van der Waals surface area contributed by atoms with Gasteiger partial charge in [0.15, 0.2) is 0 Å². The number of carboxylic acids is 1. The zero-order chi connectivity index (χ0) is 21.1. The zero-order valence-electron chi connectivity index (χ0n) is 16.5. The maximum absolute atomic E-state index is 13.0. The second-order valence-corrected chi connectivity index (χ2v) is 7.24. The van der Waals surface area contributed by atoms with Crippen LogP contribution < -0.4 is 10.6 Å². The number of carbonyl (C=O) groups is 3. The first kappa shape index (κ1) is 20.1. The van der Waals surface area contributed by atoms with E-state index in [1.54, 1.807) is 36.4 Å². The van der Waals surface area contributed by atoms with Gasteiger partial charge in [-0.1, -0.05) is 32.0 Å². The average Bonchev–Trinajstić information content (AvgIpc) is 3.06. The van der Waals surface area contributed by atoms with E-state index in [-0.39, 0.29) is 17.2 Å². The van der Waals surface area contributed by atoms with Gasteiger partial charge in [0, 0.05) is 30.7 Å². The Morgan fingerprint density at radius 1 is 1.07 bits per heavy atom. The maximum Gasteiger partial charge on any atom is 0.337 e. The highest BCUT2D eigenvalue weighted by atomic mass is 16.4. The number of fused-ring (bicyclic) bond motifs is 1. The van der Waals surface area contributed by atoms with Gasteiger partial charge < -0.3 is 15.7 Å². The molecule has 2 aromatic carbocycles. The van der Waals surface area contributed by atoms with Crippen molar-refractivity contribution in [1.82, 2.24) is 4.57 Å². The highest BCUT2D eigenvalue weighted by Gasteiger charge is 2.19. The summed E-state index contributed by atoms with van der Waals surface area (Å²) in [5, 5.41) is 16.0. The zero-order valence-corrected chi connectivity index (χ0v) is 16.5. The van der Waals surface area contributed by atoms with E-state index in [9.17, 15) is 19.5 Å². The fraction of sp³-hybridized carbons (Fsp3) is 0.227. The van der Waals surface area contributed by atoms with Crippen LogP contribution in [0.3, 0.4) is 0 Å². The van der Waals surface area contributed by atoms with Gasteiger partial charge in [-0.2, -0.15) is 0 Å². The minimum Gasteiger partial charge on any atom is -0.478 e. The number of carbonyl (C=O) groups excluding carboxylic acids is 2. The van der Waals surface area contributed by atoms with E-state index in [0.717, 1.165) is 0 Å². The lowest BCUT2D eigenvalue weighted by Crippen LogP contribution is -2.16. The number of amides is 1. The summed E-state index contributed by atoms with van der Waals surface area (Å²) < 4.78 is 1.41. The van der Waals surface area contributed by atoms with Gasteiger partial charge in [-0.15, -0.1) is 0 Å². The Labute approximate surface area is 168 Å². The van der Waals surface area contributed by atoms with Crippen molar-refractivity contribution in [1.29, 1.82) is 0 Å². The fourth-order valence-electron chi connectivity index (χ4n) is 3.08. The molecule has 0 aliphatic carbocycles. The van der Waals surface area contributed by atoms with Crippen LogP contribution in [-0.2, 0) is 0 Å². The molecule has 0 fully saturated rings. The lowest BCUT2D eigenvalue weighted by atomic mass is 10.1. The molecule has 0 saturated heterocycles. The molecule has 0 aliphatic heterocycles. The van der Waals surface area contributed by atoms with E-state index in [1.807, 2.05) is 0 Å². The van der Waals surface area contributed by atoms with Crippen LogP contribution in [0.5, 0.6) is 0 Å². The molecule has 0 aliphatic rings. The van der Waals surface area contributed by atoms with Gasteiger partial charge in [-0.25, -0.2) is 4.79 Å². The predicted octanol–water partition coefficient (Wildman–Crippen LogP) is 4.32. The van der Waals surface area contributed by atoms with E-state index in [2.05, 4.69) is 24.5 Å². The number of nitrogens with zero attached hydrogens (tertiary/aromatic N) is 1. The molecule has 1 heterocycles. The van der Waals surface area contributed by atoms with Crippen LogP contribution >= 0.6 is 0 Å². The number of benzene rings is 2. The summed E-state index contributed by atoms with van der Waals surface area (Å²) in [6.07, 6.45) is 1.48. The van der Waals surface area contributed by atoms with Gasteiger partial charge in [0.1, 0.15) is 0 Å². The van der Waals surface area contributed by atoms with Gasteiger partial charge in [0.25, 0.3) is 5.91 Å². The molecular formula is C22H23N3O4. The molecule has 7 heteroatoms. The Balaban J connectivity index is 1.98. The number of para-hydroxylation sites is 1. The third kappa shape index (κ3) is 4.29. The van der Waals surface area contributed by atoms with Gasteiger partial charge >= 0.3 is 5.97 Å². The number of aromatic carboxylic acids is 1. The number of rotatable bonds is 6. The largest absolute Gasteiger partial charge is 0.478 e. The van der Waals surface area contributed by atoms with E-state index in [1.165, 1.54) is 23.8 Å². The van der Waals surface area contributed by atoms with Crippen molar-refractivity contribution in [3.63, 3.8) is 0 Å². The van der Waals surface area contributed by atoms with E-state index in [4.69, 9.17) is 0 Å². The third-order valence-corrected chi connectivity index (χ3v) is 4.51. The van der Waals surface area contributed by atoms with Crippen molar-refractivity contribution in [2.75, 3.05) is 17.2 Å². The monoisotopic (exact) mass is 393 g/mol. The number of aromatic nitrogens is 1. The van der Waals surface area contributed by atoms with Gasteiger partial charge in [0.2, 0.25) is 5.91 Å². The summed E-state index contributed by atoms with van der Waals surface area (Å²) in [5.41, 5.74) is 1.81. The topological polar surface area (TPSA) is 100 Å². The average molecular weight is 393 g/mol. The molecule has 150 valence electrons. The first-order chi connectivity index (χ1) is 13.8. The Hall–Kier alpha value is -3.61. The summed E-state index contributed by atoms with van der Waals surface area (Å²) in [4.78, 5) is 36.5. The lowest BCUT2D eigenvalue weighted by molar-refractivity contribution is 0.0697. The van der Waals surface area contributed by atoms with Crippen molar-refractivity contribution in [2.45, 2.75) is 20.8 Å². The molecule has 0 bridgehead atoms. The number of hydrogen-bond acceptors (Lipinski definition) is 4. The molecule has 0 saturated carbocycles. The van der Waals surface area contributed by atoms with Crippen LogP contribution in [0, 0.1) is 5.92 Å². The Morgan fingerprint density at radius 3 is 2.45 bits per heavy atom. The van der Waals surface area contributed by atoms with Gasteiger partial charge in [0.05, 0.1) is 22.3 Å². The lowest BCUT2D eigenvalue weighted by Gasteiger charge is -2.13. The van der Waals surface area contributed by atoms with Crippen molar-refractivity contribution in [2.24, 2.45) is 5.92 Å². The Morgan fingerprint density at radius 2 is 1.79 bits per heavy atom.